The molecule has 1 aromatic carbocycles. The van der Waals surface area contributed by atoms with E-state index in [-0.39, 0.29) is 18.6 Å². The van der Waals surface area contributed by atoms with Crippen molar-refractivity contribution in [2.24, 2.45) is 0 Å². The molecule has 2 aromatic rings. The third kappa shape index (κ3) is 0.891. The highest BCUT2D eigenvalue weighted by Crippen LogP contribution is 2.33. The lowest BCUT2D eigenvalue weighted by Crippen LogP contribution is -2.14. The lowest BCUT2D eigenvalue weighted by atomic mass is 10.2. The molecular weight excluding hydrogens is 184 g/mol. The van der Waals surface area contributed by atoms with E-state index in [1.807, 2.05) is 0 Å². The molecule has 70 valence electrons. The predicted octanol–water partition coefficient (Wildman–Crippen LogP) is 1.06. The van der Waals surface area contributed by atoms with E-state index in [1.165, 1.54) is 0 Å². The molecule has 1 aliphatic rings. The topological polar surface area (TPSA) is 64.5 Å². The van der Waals surface area contributed by atoms with Gasteiger partial charge in [-0.15, -0.1) is 0 Å². The molecule has 1 aromatic heterocycles. The van der Waals surface area contributed by atoms with Gasteiger partial charge in [0.15, 0.2) is 0 Å². The van der Waals surface area contributed by atoms with Crippen LogP contribution < -0.4 is 9.47 Å². The zero-order valence-electron chi connectivity index (χ0n) is 7.10. The van der Waals surface area contributed by atoms with Crippen molar-refractivity contribution in [3.05, 3.63) is 18.2 Å². The Bertz CT molecular complexity index is 513. The Kier molecular flexibility index (Phi) is 1.30. The number of aromatic nitrogens is 2. The van der Waals surface area contributed by atoms with Gasteiger partial charge < -0.3 is 14.6 Å². The number of nitrogens with zero attached hydrogens (tertiary/aromatic N) is 2. The van der Waals surface area contributed by atoms with Crippen LogP contribution in [-0.2, 0) is 0 Å². The van der Waals surface area contributed by atoms with Gasteiger partial charge in [0.25, 0.3) is 0 Å². The SMILES string of the molecule is Oc1cccc2nc3nc(c12)OCO3. The summed E-state index contributed by atoms with van der Waals surface area (Å²) >= 11 is 0. The first-order chi connectivity index (χ1) is 6.84. The lowest BCUT2D eigenvalue weighted by Gasteiger charge is -2.15. The van der Waals surface area contributed by atoms with Crippen LogP contribution in [0.3, 0.4) is 0 Å². The minimum Gasteiger partial charge on any atom is -0.507 e. The summed E-state index contributed by atoms with van der Waals surface area (Å²) in [6, 6.07) is 5.33. The molecule has 2 bridgehead atoms. The molecule has 0 unspecified atom stereocenters. The fraction of sp³-hybridized carbons (Fsp3) is 0.111. The number of rotatable bonds is 0. The van der Waals surface area contributed by atoms with Gasteiger partial charge in [-0.1, -0.05) is 6.07 Å². The fourth-order valence-corrected chi connectivity index (χ4v) is 1.42. The standard InChI is InChI=1S/C9H6N2O3/c12-6-3-1-2-5-7(6)8-11-9(10-5)14-4-13-8/h1-3,12H,4H2. The molecule has 0 saturated carbocycles. The van der Waals surface area contributed by atoms with Crippen LogP contribution in [-0.4, -0.2) is 21.9 Å². The highest BCUT2D eigenvalue weighted by atomic mass is 16.7. The number of hydrogen-bond donors (Lipinski definition) is 1. The van der Waals surface area contributed by atoms with Crippen LogP contribution in [0.1, 0.15) is 0 Å². The van der Waals surface area contributed by atoms with Gasteiger partial charge in [0.2, 0.25) is 12.7 Å². The zero-order chi connectivity index (χ0) is 9.54. The van der Waals surface area contributed by atoms with Crippen molar-refractivity contribution in [3.63, 3.8) is 0 Å². The first-order valence-electron chi connectivity index (χ1n) is 4.10. The molecule has 1 N–H and O–H groups in total. The van der Waals surface area contributed by atoms with Gasteiger partial charge in [-0.25, -0.2) is 0 Å². The first-order valence-corrected chi connectivity index (χ1v) is 4.10. The van der Waals surface area contributed by atoms with E-state index in [2.05, 4.69) is 9.97 Å². The molecule has 1 aliphatic heterocycles. The summed E-state index contributed by atoms with van der Waals surface area (Å²) in [5.74, 6) is 0.486. The summed E-state index contributed by atoms with van der Waals surface area (Å²) < 4.78 is 10.1. The van der Waals surface area contributed by atoms with Crippen molar-refractivity contribution in [1.82, 2.24) is 9.97 Å². The second-order valence-electron chi connectivity index (χ2n) is 2.89. The van der Waals surface area contributed by atoms with E-state index in [4.69, 9.17) is 9.47 Å². The normalized spacial score (nSPS) is 13.4. The Labute approximate surface area is 78.9 Å². The quantitative estimate of drug-likeness (QED) is 0.673. The van der Waals surface area contributed by atoms with Crippen LogP contribution in [0.4, 0.5) is 0 Å². The summed E-state index contributed by atoms with van der Waals surface area (Å²) in [4.78, 5) is 8.05. The molecule has 0 atom stereocenters. The number of phenols is 1. The Hall–Kier alpha value is -2.04. The maximum Gasteiger partial charge on any atom is 0.323 e. The molecule has 5 nitrogen and oxygen atoms in total. The van der Waals surface area contributed by atoms with Crippen LogP contribution in [0.5, 0.6) is 17.6 Å². The molecular formula is C9H6N2O3. The summed E-state index contributed by atoms with van der Waals surface area (Å²) in [6.07, 6.45) is 0. The van der Waals surface area contributed by atoms with E-state index in [1.54, 1.807) is 18.2 Å². The van der Waals surface area contributed by atoms with Crippen LogP contribution in [0, 0.1) is 0 Å². The van der Waals surface area contributed by atoms with Crippen LogP contribution in [0.2, 0.25) is 0 Å². The molecule has 14 heavy (non-hydrogen) atoms. The average Bonchev–Trinajstić information content (AvgIpc) is 2.17. The number of ether oxygens (including phenoxy) is 2. The minimum absolute atomic E-state index is 0.0887. The second-order valence-corrected chi connectivity index (χ2v) is 2.89. The van der Waals surface area contributed by atoms with Gasteiger partial charge in [-0.05, 0) is 12.1 Å². The molecule has 0 fully saturated rings. The monoisotopic (exact) mass is 190 g/mol. The maximum absolute atomic E-state index is 9.60. The van der Waals surface area contributed by atoms with E-state index >= 15 is 0 Å². The van der Waals surface area contributed by atoms with Crippen molar-refractivity contribution in [3.8, 4) is 17.6 Å². The van der Waals surface area contributed by atoms with Gasteiger partial charge >= 0.3 is 6.01 Å². The zero-order valence-corrected chi connectivity index (χ0v) is 7.10. The third-order valence-corrected chi connectivity index (χ3v) is 2.03. The van der Waals surface area contributed by atoms with Gasteiger partial charge in [0, 0.05) is 0 Å². The molecule has 3 rings (SSSR count). The van der Waals surface area contributed by atoms with E-state index in [0.717, 1.165) is 0 Å². The summed E-state index contributed by atoms with van der Waals surface area (Å²) in [6.45, 7) is 0.0887. The summed E-state index contributed by atoms with van der Waals surface area (Å²) in [7, 11) is 0. The maximum atomic E-state index is 9.60. The van der Waals surface area contributed by atoms with Crippen LogP contribution in [0.15, 0.2) is 18.2 Å². The molecule has 0 saturated heterocycles. The van der Waals surface area contributed by atoms with E-state index in [0.29, 0.717) is 16.8 Å². The van der Waals surface area contributed by atoms with Crippen molar-refractivity contribution in [1.29, 1.82) is 0 Å². The largest absolute Gasteiger partial charge is 0.507 e. The summed E-state index contributed by atoms with van der Waals surface area (Å²) in [5.41, 5.74) is 0.615. The molecule has 0 amide bonds. The van der Waals surface area contributed by atoms with E-state index < -0.39 is 0 Å². The van der Waals surface area contributed by atoms with Gasteiger partial charge in [-0.2, -0.15) is 9.97 Å². The van der Waals surface area contributed by atoms with Gasteiger partial charge in [0.05, 0.1) is 5.52 Å². The molecule has 0 spiro atoms. The van der Waals surface area contributed by atoms with Gasteiger partial charge in [-0.3, -0.25) is 0 Å². The Balaban J connectivity index is 2.46. The lowest BCUT2D eigenvalue weighted by molar-refractivity contribution is 0.0846. The highest BCUT2D eigenvalue weighted by molar-refractivity contribution is 5.89. The fourth-order valence-electron chi connectivity index (χ4n) is 1.42. The minimum atomic E-state index is 0.0887. The van der Waals surface area contributed by atoms with Crippen molar-refractivity contribution < 1.29 is 14.6 Å². The van der Waals surface area contributed by atoms with Crippen LogP contribution >= 0.6 is 0 Å². The van der Waals surface area contributed by atoms with Crippen molar-refractivity contribution in [2.75, 3.05) is 6.79 Å². The van der Waals surface area contributed by atoms with E-state index in [9.17, 15) is 5.11 Å². The number of phenolic OH excluding ortho intramolecular Hbond substituents is 1. The van der Waals surface area contributed by atoms with Crippen LogP contribution in [0.25, 0.3) is 10.9 Å². The Morgan fingerprint density at radius 3 is 3.07 bits per heavy atom. The van der Waals surface area contributed by atoms with Crippen molar-refractivity contribution in [2.45, 2.75) is 0 Å². The molecule has 0 radical (unpaired) electrons. The molecule has 0 aliphatic carbocycles. The van der Waals surface area contributed by atoms with Crippen molar-refractivity contribution >= 4 is 10.9 Å². The third-order valence-electron chi connectivity index (χ3n) is 2.03. The Morgan fingerprint density at radius 2 is 2.14 bits per heavy atom. The Morgan fingerprint density at radius 1 is 1.21 bits per heavy atom. The average molecular weight is 190 g/mol. The van der Waals surface area contributed by atoms with Gasteiger partial charge in [0.1, 0.15) is 11.1 Å². The number of benzene rings is 1. The molecule has 5 heteroatoms. The molecule has 2 heterocycles. The second kappa shape index (κ2) is 2.47. The number of aromatic hydroxyl groups is 1. The predicted molar refractivity (Wildman–Crippen MR) is 47.3 cm³/mol. The first kappa shape index (κ1) is 7.37. The summed E-state index contributed by atoms with van der Waals surface area (Å²) in [5, 5.41) is 10.1. The smallest absolute Gasteiger partial charge is 0.323 e. The number of hydrogen-bond acceptors (Lipinski definition) is 5. The highest BCUT2D eigenvalue weighted by Gasteiger charge is 2.16. The number of fused-ring (bicyclic) bond motifs is 4.